The third-order valence-corrected chi connectivity index (χ3v) is 3.84. The normalized spacial score (nSPS) is 11.7. The lowest BCUT2D eigenvalue weighted by Gasteiger charge is -2.09. The monoisotopic (exact) mass is 322 g/mol. The predicted molar refractivity (Wildman–Crippen MR) is 81.9 cm³/mol. The van der Waals surface area contributed by atoms with Crippen molar-refractivity contribution < 1.29 is 19.1 Å². The molecule has 116 valence electrons. The first-order valence-electron chi connectivity index (χ1n) is 6.62. The van der Waals surface area contributed by atoms with Crippen LogP contribution >= 0.6 is 11.3 Å². The number of hydrogen-bond acceptors (Lipinski definition) is 4. The summed E-state index contributed by atoms with van der Waals surface area (Å²) in [7, 11) is 0. The van der Waals surface area contributed by atoms with Crippen molar-refractivity contribution in [1.82, 2.24) is 5.32 Å². The molecule has 1 heterocycles. The van der Waals surface area contributed by atoms with Crippen LogP contribution in [0.4, 0.5) is 10.1 Å². The van der Waals surface area contributed by atoms with Gasteiger partial charge in [0.1, 0.15) is 5.82 Å². The summed E-state index contributed by atoms with van der Waals surface area (Å²) in [6, 6.07) is 8.89. The topological polar surface area (TPSA) is 78.4 Å². The minimum Gasteiger partial charge on any atom is -0.388 e. The van der Waals surface area contributed by atoms with E-state index in [1.807, 2.05) is 11.4 Å². The predicted octanol–water partition coefficient (Wildman–Crippen LogP) is 2.07. The highest BCUT2D eigenvalue weighted by Crippen LogP contribution is 2.20. The van der Waals surface area contributed by atoms with E-state index in [1.165, 1.54) is 29.5 Å². The van der Waals surface area contributed by atoms with Gasteiger partial charge < -0.3 is 15.7 Å². The molecule has 0 aliphatic rings. The second kappa shape index (κ2) is 7.67. The second-order valence-corrected chi connectivity index (χ2v) is 5.52. The summed E-state index contributed by atoms with van der Waals surface area (Å²) in [5.74, 6) is -2.21. The van der Waals surface area contributed by atoms with Gasteiger partial charge in [0.2, 0.25) is 0 Å². The highest BCUT2D eigenvalue weighted by molar-refractivity contribution is 7.10. The van der Waals surface area contributed by atoms with Gasteiger partial charge in [-0.3, -0.25) is 9.59 Å². The maximum absolute atomic E-state index is 13.0. The molecule has 2 rings (SSSR count). The highest BCUT2D eigenvalue weighted by atomic mass is 32.1. The Morgan fingerprint density at radius 3 is 2.73 bits per heavy atom. The zero-order valence-electron chi connectivity index (χ0n) is 11.6. The van der Waals surface area contributed by atoms with Crippen LogP contribution in [0.3, 0.4) is 0 Å². The summed E-state index contributed by atoms with van der Waals surface area (Å²) in [5, 5.41) is 16.4. The van der Waals surface area contributed by atoms with Crippen LogP contribution < -0.4 is 10.6 Å². The van der Waals surface area contributed by atoms with Gasteiger partial charge in [-0.2, -0.15) is 0 Å². The molecule has 2 aromatic rings. The van der Waals surface area contributed by atoms with Gasteiger partial charge in [-0.15, -0.1) is 11.3 Å². The second-order valence-electron chi connectivity index (χ2n) is 4.54. The number of aliphatic hydroxyl groups is 1. The molecule has 3 N–H and O–H groups in total. The summed E-state index contributed by atoms with van der Waals surface area (Å²) >= 11 is 1.42. The maximum atomic E-state index is 13.0. The summed E-state index contributed by atoms with van der Waals surface area (Å²) < 4.78 is 13.0. The Balaban J connectivity index is 1.76. The summed E-state index contributed by atoms with van der Waals surface area (Å²) in [4.78, 5) is 24.0. The standard InChI is InChI=1S/C15H15FN2O3S/c16-10-3-1-4-11(9-10)18-15(21)14(20)17-7-6-12(19)13-5-2-8-22-13/h1-5,8-9,12,19H,6-7H2,(H,17,20)(H,18,21). The van der Waals surface area contributed by atoms with Gasteiger partial charge in [-0.25, -0.2) is 4.39 Å². The van der Waals surface area contributed by atoms with Crippen LogP contribution in [0.25, 0.3) is 0 Å². The molecule has 0 spiro atoms. The average molecular weight is 322 g/mol. The van der Waals surface area contributed by atoms with E-state index in [9.17, 15) is 19.1 Å². The third kappa shape index (κ3) is 4.64. The third-order valence-electron chi connectivity index (χ3n) is 2.86. The molecule has 0 aliphatic heterocycles. The molecule has 1 atom stereocenters. The quantitative estimate of drug-likeness (QED) is 0.737. The van der Waals surface area contributed by atoms with Crippen LogP contribution in [0.2, 0.25) is 0 Å². The van der Waals surface area contributed by atoms with Crippen molar-refractivity contribution in [2.45, 2.75) is 12.5 Å². The van der Waals surface area contributed by atoms with Crippen molar-refractivity contribution in [3.8, 4) is 0 Å². The number of benzene rings is 1. The van der Waals surface area contributed by atoms with Crippen molar-refractivity contribution in [3.63, 3.8) is 0 Å². The molecule has 1 aromatic heterocycles. The van der Waals surface area contributed by atoms with Crippen LogP contribution in [0.5, 0.6) is 0 Å². The molecule has 0 saturated carbocycles. The number of anilines is 1. The number of carbonyl (C=O) groups is 2. The number of aliphatic hydroxyl groups excluding tert-OH is 1. The first-order chi connectivity index (χ1) is 10.6. The van der Waals surface area contributed by atoms with Gasteiger partial charge in [-0.05, 0) is 36.1 Å². The number of rotatable bonds is 5. The van der Waals surface area contributed by atoms with Crippen molar-refractivity contribution in [2.24, 2.45) is 0 Å². The zero-order chi connectivity index (χ0) is 15.9. The van der Waals surface area contributed by atoms with E-state index >= 15 is 0 Å². The Kier molecular flexibility index (Phi) is 5.62. The van der Waals surface area contributed by atoms with Gasteiger partial charge in [0.25, 0.3) is 0 Å². The lowest BCUT2D eigenvalue weighted by atomic mass is 10.2. The molecule has 22 heavy (non-hydrogen) atoms. The molecule has 0 aliphatic carbocycles. The Bertz CT molecular complexity index is 646. The van der Waals surface area contributed by atoms with Crippen LogP contribution in [0, 0.1) is 5.82 Å². The Morgan fingerprint density at radius 2 is 2.05 bits per heavy atom. The van der Waals surface area contributed by atoms with Gasteiger partial charge in [0.15, 0.2) is 0 Å². The van der Waals surface area contributed by atoms with E-state index in [-0.39, 0.29) is 12.2 Å². The minimum absolute atomic E-state index is 0.161. The largest absolute Gasteiger partial charge is 0.388 e. The van der Waals surface area contributed by atoms with Crippen molar-refractivity contribution in [1.29, 1.82) is 0 Å². The number of thiophene rings is 1. The first kappa shape index (κ1) is 16.1. The molecular formula is C15H15FN2O3S. The van der Waals surface area contributed by atoms with Crippen LogP contribution in [-0.2, 0) is 9.59 Å². The van der Waals surface area contributed by atoms with E-state index in [0.717, 1.165) is 10.9 Å². The molecular weight excluding hydrogens is 307 g/mol. The van der Waals surface area contributed by atoms with Gasteiger partial charge >= 0.3 is 11.8 Å². The number of halogens is 1. The number of amides is 2. The molecule has 2 amide bonds. The maximum Gasteiger partial charge on any atom is 0.313 e. The van der Waals surface area contributed by atoms with Gasteiger partial charge in [0.05, 0.1) is 6.10 Å². The Hall–Kier alpha value is -2.25. The molecule has 7 heteroatoms. The lowest BCUT2D eigenvalue weighted by molar-refractivity contribution is -0.136. The van der Waals surface area contributed by atoms with E-state index < -0.39 is 23.7 Å². The molecule has 1 unspecified atom stereocenters. The summed E-state index contributed by atoms with van der Waals surface area (Å²) in [5.41, 5.74) is 0.207. The molecule has 0 bridgehead atoms. The lowest BCUT2D eigenvalue weighted by Crippen LogP contribution is -2.36. The fourth-order valence-corrected chi connectivity index (χ4v) is 2.53. The summed E-state index contributed by atoms with van der Waals surface area (Å²) in [6.45, 7) is 0.161. The molecule has 0 saturated heterocycles. The Labute approximate surface area is 130 Å². The fourth-order valence-electron chi connectivity index (χ4n) is 1.78. The highest BCUT2D eigenvalue weighted by Gasteiger charge is 2.15. The van der Waals surface area contributed by atoms with Gasteiger partial charge in [-0.1, -0.05) is 12.1 Å². The summed E-state index contributed by atoms with van der Waals surface area (Å²) in [6.07, 6.45) is -0.369. The molecule has 1 aromatic carbocycles. The number of nitrogens with one attached hydrogen (secondary N) is 2. The van der Waals surface area contributed by atoms with E-state index in [1.54, 1.807) is 6.07 Å². The molecule has 0 fully saturated rings. The smallest absolute Gasteiger partial charge is 0.313 e. The van der Waals surface area contributed by atoms with Crippen LogP contribution in [-0.4, -0.2) is 23.5 Å². The molecule has 0 radical (unpaired) electrons. The number of carbonyl (C=O) groups excluding carboxylic acids is 2. The Morgan fingerprint density at radius 1 is 1.23 bits per heavy atom. The van der Waals surface area contributed by atoms with E-state index in [2.05, 4.69) is 10.6 Å². The van der Waals surface area contributed by atoms with Gasteiger partial charge in [0, 0.05) is 17.1 Å². The van der Waals surface area contributed by atoms with Crippen LogP contribution in [0.1, 0.15) is 17.4 Å². The average Bonchev–Trinajstić information content (AvgIpc) is 3.01. The molecule has 5 nitrogen and oxygen atoms in total. The van der Waals surface area contributed by atoms with E-state index in [0.29, 0.717) is 6.42 Å². The number of hydrogen-bond donors (Lipinski definition) is 3. The van der Waals surface area contributed by atoms with E-state index in [4.69, 9.17) is 0 Å². The van der Waals surface area contributed by atoms with Crippen LogP contribution in [0.15, 0.2) is 41.8 Å². The van der Waals surface area contributed by atoms with Crippen molar-refractivity contribution in [2.75, 3.05) is 11.9 Å². The SMILES string of the molecule is O=C(NCCC(O)c1cccs1)C(=O)Nc1cccc(F)c1. The zero-order valence-corrected chi connectivity index (χ0v) is 12.4. The fraction of sp³-hybridized carbons (Fsp3) is 0.200. The first-order valence-corrected chi connectivity index (χ1v) is 7.50. The van der Waals surface area contributed by atoms with Crippen molar-refractivity contribution >= 4 is 28.8 Å². The minimum atomic E-state index is -0.879. The van der Waals surface area contributed by atoms with Crippen molar-refractivity contribution in [3.05, 3.63) is 52.5 Å².